The molecule has 5 nitrogen and oxygen atoms in total. The summed E-state index contributed by atoms with van der Waals surface area (Å²) < 4.78 is 0.663. The lowest BCUT2D eigenvalue weighted by atomic mass is 10.1. The van der Waals surface area contributed by atoms with Gasteiger partial charge in [-0.3, -0.25) is 15.1 Å². The highest BCUT2D eigenvalue weighted by molar-refractivity contribution is 9.10. The molecule has 7 heteroatoms. The number of non-ortho nitro benzene ring substituents is 1. The van der Waals surface area contributed by atoms with Gasteiger partial charge in [0.2, 0.25) is 0 Å². The molecule has 1 aromatic heterocycles. The molecule has 2 rings (SSSR count). The minimum atomic E-state index is -0.474. The van der Waals surface area contributed by atoms with Crippen LogP contribution in [-0.4, -0.2) is 14.9 Å². The summed E-state index contributed by atoms with van der Waals surface area (Å²) in [6, 6.07) is 4.75. The summed E-state index contributed by atoms with van der Waals surface area (Å²) in [5.41, 5.74) is 5.74. The number of aromatic nitrogens is 1. The van der Waals surface area contributed by atoms with Gasteiger partial charge in [0.1, 0.15) is 10.7 Å². The fourth-order valence-electron chi connectivity index (χ4n) is 1.58. The van der Waals surface area contributed by atoms with Crippen molar-refractivity contribution in [3.8, 4) is 0 Å². The highest BCUT2D eigenvalue weighted by atomic mass is 79.9. The number of hydrogen-bond acceptors (Lipinski definition) is 4. The zero-order valence-corrected chi connectivity index (χ0v) is 10.8. The summed E-state index contributed by atoms with van der Waals surface area (Å²) in [6.07, 6.45) is 1.53. The summed E-state index contributed by atoms with van der Waals surface area (Å²) in [5, 5.41) is 12.0. The monoisotopic (exact) mass is 311 g/mol. The number of rotatable bonds is 2. The van der Waals surface area contributed by atoms with Crippen LogP contribution in [-0.2, 0) is 0 Å². The second-order valence-corrected chi connectivity index (χ2v) is 4.57. The molecule has 0 atom stereocenters. The van der Waals surface area contributed by atoms with E-state index >= 15 is 0 Å². The Morgan fingerprint density at radius 3 is 2.82 bits per heavy atom. The number of thiocarbonyl (C=S) groups is 1. The summed E-state index contributed by atoms with van der Waals surface area (Å²) in [5.74, 6) is 0. The van der Waals surface area contributed by atoms with Crippen molar-refractivity contribution in [3.05, 3.63) is 44.7 Å². The number of nitrogens with zero attached hydrogens (tertiary/aromatic N) is 2. The Labute approximate surface area is 110 Å². The average Bonchev–Trinajstić information content (AvgIpc) is 2.28. The first-order valence-electron chi connectivity index (χ1n) is 4.54. The molecule has 0 radical (unpaired) electrons. The fourth-order valence-corrected chi connectivity index (χ4v) is 2.17. The summed E-state index contributed by atoms with van der Waals surface area (Å²) in [7, 11) is 0. The zero-order valence-electron chi connectivity index (χ0n) is 8.38. The zero-order chi connectivity index (χ0) is 12.6. The first-order valence-corrected chi connectivity index (χ1v) is 5.74. The van der Waals surface area contributed by atoms with Gasteiger partial charge < -0.3 is 5.73 Å². The molecular formula is C10H6BrN3O2S. The smallest absolute Gasteiger partial charge is 0.279 e. The Morgan fingerprint density at radius 1 is 1.53 bits per heavy atom. The number of halogens is 1. The Kier molecular flexibility index (Phi) is 3.03. The van der Waals surface area contributed by atoms with Crippen LogP contribution in [0.3, 0.4) is 0 Å². The number of nitro benzene ring substituents is 1. The Balaban J connectivity index is 2.99. The number of pyridine rings is 1. The van der Waals surface area contributed by atoms with Crippen molar-refractivity contribution < 1.29 is 4.92 Å². The minimum Gasteiger partial charge on any atom is -0.388 e. The summed E-state index contributed by atoms with van der Waals surface area (Å²) in [6.45, 7) is 0. The molecule has 0 aliphatic rings. The van der Waals surface area contributed by atoms with Crippen LogP contribution in [0.5, 0.6) is 0 Å². The quantitative estimate of drug-likeness (QED) is 0.523. The maximum atomic E-state index is 11.0. The second-order valence-electron chi connectivity index (χ2n) is 3.28. The van der Waals surface area contributed by atoms with E-state index in [4.69, 9.17) is 18.0 Å². The number of nitrogens with two attached hydrogens (primary N) is 1. The van der Waals surface area contributed by atoms with Gasteiger partial charge in [0.05, 0.1) is 10.3 Å². The Morgan fingerprint density at radius 2 is 2.24 bits per heavy atom. The minimum absolute atomic E-state index is 0.0387. The van der Waals surface area contributed by atoms with Crippen LogP contribution in [0, 0.1) is 10.1 Å². The SMILES string of the molecule is NC(=S)c1ncc(Br)c2cccc([N+](=O)[O-])c12. The van der Waals surface area contributed by atoms with Crippen LogP contribution in [0.25, 0.3) is 10.8 Å². The number of fused-ring (bicyclic) bond motifs is 1. The third-order valence-corrected chi connectivity index (χ3v) is 3.10. The Hall–Kier alpha value is -1.60. The van der Waals surface area contributed by atoms with Gasteiger partial charge in [-0.15, -0.1) is 0 Å². The predicted molar refractivity (Wildman–Crippen MR) is 72.0 cm³/mol. The van der Waals surface area contributed by atoms with Gasteiger partial charge in [0.25, 0.3) is 5.69 Å². The van der Waals surface area contributed by atoms with Gasteiger partial charge in [-0.1, -0.05) is 24.4 Å². The number of hydrogen-bond donors (Lipinski definition) is 1. The van der Waals surface area contributed by atoms with E-state index in [9.17, 15) is 10.1 Å². The lowest BCUT2D eigenvalue weighted by Crippen LogP contribution is -2.12. The van der Waals surface area contributed by atoms with E-state index in [0.717, 1.165) is 0 Å². The molecule has 0 bridgehead atoms. The maximum Gasteiger partial charge on any atom is 0.279 e. The third kappa shape index (κ3) is 1.98. The molecule has 0 aliphatic heterocycles. The van der Waals surface area contributed by atoms with Crippen molar-refractivity contribution in [2.45, 2.75) is 0 Å². The molecule has 86 valence electrons. The van der Waals surface area contributed by atoms with Crippen molar-refractivity contribution in [3.63, 3.8) is 0 Å². The van der Waals surface area contributed by atoms with Crippen LogP contribution in [0.4, 0.5) is 5.69 Å². The molecule has 0 aliphatic carbocycles. The molecule has 0 saturated heterocycles. The molecule has 1 heterocycles. The molecule has 17 heavy (non-hydrogen) atoms. The molecule has 0 fully saturated rings. The summed E-state index contributed by atoms with van der Waals surface area (Å²) in [4.78, 5) is 14.6. The van der Waals surface area contributed by atoms with Gasteiger partial charge in [-0.2, -0.15) is 0 Å². The summed E-state index contributed by atoms with van der Waals surface area (Å²) >= 11 is 8.15. The van der Waals surface area contributed by atoms with E-state index in [1.807, 2.05) is 0 Å². The van der Waals surface area contributed by atoms with E-state index in [-0.39, 0.29) is 16.4 Å². The topological polar surface area (TPSA) is 82.0 Å². The Bertz CT molecular complexity index is 624. The normalized spacial score (nSPS) is 10.4. The molecule has 0 saturated carbocycles. The predicted octanol–water partition coefficient (Wildman–Crippen LogP) is 2.54. The van der Waals surface area contributed by atoms with Crippen LogP contribution in [0.15, 0.2) is 28.9 Å². The first kappa shape index (κ1) is 11.9. The molecule has 0 unspecified atom stereocenters. The third-order valence-electron chi connectivity index (χ3n) is 2.27. The van der Waals surface area contributed by atoms with Crippen molar-refractivity contribution in [2.75, 3.05) is 0 Å². The van der Waals surface area contributed by atoms with Crippen molar-refractivity contribution in [1.29, 1.82) is 0 Å². The lowest BCUT2D eigenvalue weighted by Gasteiger charge is -2.06. The molecular weight excluding hydrogens is 306 g/mol. The number of benzene rings is 1. The van der Waals surface area contributed by atoms with Crippen LogP contribution in [0.1, 0.15) is 5.69 Å². The van der Waals surface area contributed by atoms with Gasteiger partial charge in [-0.05, 0) is 15.9 Å². The maximum absolute atomic E-state index is 11.0. The van der Waals surface area contributed by atoms with Crippen LogP contribution < -0.4 is 5.73 Å². The average molecular weight is 312 g/mol. The molecule has 0 amide bonds. The molecule has 2 N–H and O–H groups in total. The van der Waals surface area contributed by atoms with E-state index in [1.54, 1.807) is 12.1 Å². The largest absolute Gasteiger partial charge is 0.388 e. The van der Waals surface area contributed by atoms with Gasteiger partial charge in [0.15, 0.2) is 0 Å². The van der Waals surface area contributed by atoms with Crippen molar-refractivity contribution in [1.82, 2.24) is 4.98 Å². The second kappa shape index (κ2) is 4.34. The fraction of sp³-hybridized carbons (Fsp3) is 0. The van der Waals surface area contributed by atoms with Crippen molar-refractivity contribution >= 4 is 49.6 Å². The molecule has 2 aromatic rings. The first-order chi connectivity index (χ1) is 8.02. The van der Waals surface area contributed by atoms with E-state index in [2.05, 4.69) is 20.9 Å². The van der Waals surface area contributed by atoms with Gasteiger partial charge in [-0.25, -0.2) is 0 Å². The molecule has 1 aromatic carbocycles. The van der Waals surface area contributed by atoms with Crippen LogP contribution in [0.2, 0.25) is 0 Å². The standard InChI is InChI=1S/C10H6BrN3O2S/c11-6-4-13-9(10(12)17)8-5(6)2-1-3-7(8)14(15)16/h1-4H,(H2,12,17). The van der Waals surface area contributed by atoms with E-state index in [0.29, 0.717) is 15.2 Å². The van der Waals surface area contributed by atoms with E-state index < -0.39 is 4.92 Å². The van der Waals surface area contributed by atoms with Crippen molar-refractivity contribution in [2.24, 2.45) is 5.73 Å². The molecule has 0 spiro atoms. The lowest BCUT2D eigenvalue weighted by molar-refractivity contribution is -0.383. The van der Waals surface area contributed by atoms with Crippen LogP contribution >= 0.6 is 28.1 Å². The van der Waals surface area contributed by atoms with Gasteiger partial charge >= 0.3 is 0 Å². The van der Waals surface area contributed by atoms with E-state index in [1.165, 1.54) is 12.3 Å². The number of nitro groups is 1. The highest BCUT2D eigenvalue weighted by Crippen LogP contribution is 2.32. The van der Waals surface area contributed by atoms with Gasteiger partial charge in [0, 0.05) is 22.1 Å². The highest BCUT2D eigenvalue weighted by Gasteiger charge is 2.18.